The fraction of sp³-hybridized carbons (Fsp3) is 0.118. The third kappa shape index (κ3) is 4.12. The van der Waals surface area contributed by atoms with Crippen LogP contribution in [0, 0.1) is 0 Å². The molecule has 23 heavy (non-hydrogen) atoms. The number of carbonyl (C=O) groups excluding carboxylic acids is 1. The fourth-order valence-corrected chi connectivity index (χ4v) is 1.89. The summed E-state index contributed by atoms with van der Waals surface area (Å²) in [7, 11) is 1.56. The molecule has 6 heteroatoms. The fourth-order valence-electron chi connectivity index (χ4n) is 1.89. The van der Waals surface area contributed by atoms with Crippen molar-refractivity contribution in [2.75, 3.05) is 11.9 Å². The van der Waals surface area contributed by atoms with Gasteiger partial charge in [0.25, 0.3) is 0 Å². The zero-order valence-electron chi connectivity index (χ0n) is 12.3. The van der Waals surface area contributed by atoms with E-state index in [0.717, 1.165) is 12.1 Å². The monoisotopic (exact) mass is 321 g/mol. The minimum absolute atomic E-state index is 0.0645. The Kier molecular flexibility index (Phi) is 4.74. The highest BCUT2D eigenvalue weighted by atomic mass is 19.4. The summed E-state index contributed by atoms with van der Waals surface area (Å²) in [5.74, 6) is 0.0847. The van der Waals surface area contributed by atoms with Crippen LogP contribution in [-0.2, 0) is 11.0 Å². The Balaban J connectivity index is 2.24. The number of amides is 1. The van der Waals surface area contributed by atoms with Crippen LogP contribution in [0.4, 0.5) is 18.9 Å². The lowest BCUT2D eigenvalue weighted by atomic mass is 10.2. The Morgan fingerprint density at radius 3 is 2.35 bits per heavy atom. The van der Waals surface area contributed by atoms with E-state index in [-0.39, 0.29) is 11.7 Å². The van der Waals surface area contributed by atoms with Crippen molar-refractivity contribution in [1.29, 1.82) is 0 Å². The number of hydrogen-bond donors (Lipinski definition) is 0. The number of ether oxygens (including phenoxy) is 1. The second kappa shape index (κ2) is 6.56. The second-order valence-corrected chi connectivity index (χ2v) is 4.73. The van der Waals surface area contributed by atoms with Crippen LogP contribution in [0.15, 0.2) is 61.2 Å². The van der Waals surface area contributed by atoms with Gasteiger partial charge in [-0.25, -0.2) is 0 Å². The molecule has 0 fully saturated rings. The van der Waals surface area contributed by atoms with Gasteiger partial charge in [0.05, 0.1) is 5.56 Å². The van der Waals surface area contributed by atoms with Gasteiger partial charge in [0.15, 0.2) is 0 Å². The van der Waals surface area contributed by atoms with Gasteiger partial charge in [-0.2, -0.15) is 13.2 Å². The van der Waals surface area contributed by atoms with Gasteiger partial charge >= 0.3 is 6.18 Å². The van der Waals surface area contributed by atoms with E-state index in [1.807, 2.05) is 0 Å². The van der Waals surface area contributed by atoms with Crippen LogP contribution >= 0.6 is 0 Å². The van der Waals surface area contributed by atoms with E-state index in [9.17, 15) is 18.0 Å². The van der Waals surface area contributed by atoms with Crippen LogP contribution in [0.2, 0.25) is 0 Å². The van der Waals surface area contributed by atoms with Crippen molar-refractivity contribution < 1.29 is 22.7 Å². The van der Waals surface area contributed by atoms with E-state index in [4.69, 9.17) is 4.74 Å². The maximum atomic E-state index is 12.7. The molecule has 0 heterocycles. The van der Waals surface area contributed by atoms with Crippen molar-refractivity contribution in [3.8, 4) is 11.5 Å². The average molecular weight is 321 g/mol. The normalized spacial score (nSPS) is 11.0. The van der Waals surface area contributed by atoms with Crippen LogP contribution in [0.5, 0.6) is 11.5 Å². The van der Waals surface area contributed by atoms with Gasteiger partial charge in [-0.1, -0.05) is 18.7 Å². The lowest BCUT2D eigenvalue weighted by molar-refractivity contribution is -0.137. The minimum atomic E-state index is -4.43. The summed E-state index contributed by atoms with van der Waals surface area (Å²) in [6, 6.07) is 11.1. The second-order valence-electron chi connectivity index (χ2n) is 4.73. The maximum Gasteiger partial charge on any atom is 0.416 e. The summed E-state index contributed by atoms with van der Waals surface area (Å²) in [6.07, 6.45) is -3.27. The highest BCUT2D eigenvalue weighted by Gasteiger charge is 2.30. The van der Waals surface area contributed by atoms with Gasteiger partial charge < -0.3 is 9.64 Å². The Hall–Kier alpha value is -2.76. The van der Waals surface area contributed by atoms with E-state index in [1.165, 1.54) is 23.1 Å². The standard InChI is InChI=1S/C17H14F3NO2/c1-3-16(22)21(2)13-7-5-9-15(11-13)23-14-8-4-6-12(10-14)17(18,19)20/h3-11H,1H2,2H3. The SMILES string of the molecule is C=CC(=O)N(C)c1cccc(Oc2cccc(C(F)(F)F)c2)c1. The Morgan fingerprint density at radius 1 is 1.13 bits per heavy atom. The predicted molar refractivity (Wildman–Crippen MR) is 81.6 cm³/mol. The summed E-state index contributed by atoms with van der Waals surface area (Å²) in [4.78, 5) is 12.9. The van der Waals surface area contributed by atoms with Gasteiger partial charge in [0.2, 0.25) is 5.91 Å². The van der Waals surface area contributed by atoms with Crippen LogP contribution in [0.1, 0.15) is 5.56 Å². The van der Waals surface area contributed by atoms with Gasteiger partial charge in [0, 0.05) is 18.8 Å². The zero-order valence-corrected chi connectivity index (χ0v) is 12.3. The number of benzene rings is 2. The summed E-state index contributed by atoms with van der Waals surface area (Å²) in [5, 5.41) is 0. The average Bonchev–Trinajstić information content (AvgIpc) is 2.53. The third-order valence-corrected chi connectivity index (χ3v) is 3.11. The molecule has 0 spiro atoms. The van der Waals surface area contributed by atoms with Crippen LogP contribution in [-0.4, -0.2) is 13.0 Å². The van der Waals surface area contributed by atoms with E-state index in [0.29, 0.717) is 11.4 Å². The number of nitrogens with zero attached hydrogens (tertiary/aromatic N) is 1. The number of alkyl halides is 3. The topological polar surface area (TPSA) is 29.5 Å². The van der Waals surface area contributed by atoms with E-state index >= 15 is 0 Å². The van der Waals surface area contributed by atoms with E-state index in [1.54, 1.807) is 31.3 Å². The molecule has 2 rings (SSSR count). The summed E-state index contributed by atoms with van der Waals surface area (Å²) >= 11 is 0. The van der Waals surface area contributed by atoms with Gasteiger partial charge in [-0.3, -0.25) is 4.79 Å². The highest BCUT2D eigenvalue weighted by Crippen LogP contribution is 2.33. The van der Waals surface area contributed by atoms with Crippen LogP contribution in [0.25, 0.3) is 0 Å². The maximum absolute atomic E-state index is 12.7. The number of halogens is 3. The zero-order chi connectivity index (χ0) is 17.0. The number of carbonyl (C=O) groups is 1. The summed E-state index contributed by atoms with van der Waals surface area (Å²) in [5.41, 5.74) is -0.246. The van der Waals surface area contributed by atoms with Crippen LogP contribution in [0.3, 0.4) is 0 Å². The summed E-state index contributed by atoms with van der Waals surface area (Å²) in [6.45, 7) is 3.40. The first-order valence-corrected chi connectivity index (χ1v) is 6.66. The Morgan fingerprint density at radius 2 is 1.74 bits per heavy atom. The molecule has 3 nitrogen and oxygen atoms in total. The molecule has 0 N–H and O–H groups in total. The first-order valence-electron chi connectivity index (χ1n) is 6.66. The molecular weight excluding hydrogens is 307 g/mol. The smallest absolute Gasteiger partial charge is 0.416 e. The van der Waals surface area contributed by atoms with Crippen molar-refractivity contribution in [2.45, 2.75) is 6.18 Å². The van der Waals surface area contributed by atoms with Gasteiger partial charge in [0.1, 0.15) is 11.5 Å². The van der Waals surface area contributed by atoms with Crippen molar-refractivity contribution in [3.63, 3.8) is 0 Å². The molecule has 2 aromatic rings. The Labute approximate surface area is 131 Å². The van der Waals surface area contributed by atoms with Gasteiger partial charge in [-0.05, 0) is 36.4 Å². The largest absolute Gasteiger partial charge is 0.457 e. The molecular formula is C17H14F3NO2. The molecule has 0 aliphatic carbocycles. The molecule has 0 unspecified atom stereocenters. The van der Waals surface area contributed by atoms with Crippen LogP contribution < -0.4 is 9.64 Å². The molecule has 0 atom stereocenters. The minimum Gasteiger partial charge on any atom is -0.457 e. The molecule has 1 amide bonds. The molecule has 0 bridgehead atoms. The van der Waals surface area contributed by atoms with Crippen molar-refractivity contribution in [1.82, 2.24) is 0 Å². The predicted octanol–water partition coefficient (Wildman–Crippen LogP) is 4.65. The molecule has 0 saturated heterocycles. The molecule has 120 valence electrons. The van der Waals surface area contributed by atoms with Crippen molar-refractivity contribution >= 4 is 11.6 Å². The molecule has 0 aliphatic heterocycles. The summed E-state index contributed by atoms with van der Waals surface area (Å²) < 4.78 is 43.5. The molecule has 0 aromatic heterocycles. The van der Waals surface area contributed by atoms with Gasteiger partial charge in [-0.15, -0.1) is 0 Å². The molecule has 2 aromatic carbocycles. The molecule has 0 aliphatic rings. The number of likely N-dealkylation sites (N-methyl/N-ethyl adjacent to an activating group) is 1. The van der Waals surface area contributed by atoms with Crippen molar-refractivity contribution in [2.24, 2.45) is 0 Å². The number of hydrogen-bond acceptors (Lipinski definition) is 2. The van der Waals surface area contributed by atoms with Crippen molar-refractivity contribution in [3.05, 3.63) is 66.7 Å². The lowest BCUT2D eigenvalue weighted by Crippen LogP contribution is -2.23. The quantitative estimate of drug-likeness (QED) is 0.767. The first-order chi connectivity index (χ1) is 10.8. The highest BCUT2D eigenvalue weighted by molar-refractivity contribution is 6.00. The lowest BCUT2D eigenvalue weighted by Gasteiger charge is -2.16. The number of anilines is 1. The Bertz CT molecular complexity index is 726. The molecule has 0 saturated carbocycles. The van der Waals surface area contributed by atoms with E-state index < -0.39 is 11.7 Å². The third-order valence-electron chi connectivity index (χ3n) is 3.11. The number of rotatable bonds is 4. The molecule has 0 radical (unpaired) electrons. The first kappa shape index (κ1) is 16.6. The van der Waals surface area contributed by atoms with E-state index in [2.05, 4.69) is 6.58 Å².